The van der Waals surface area contributed by atoms with Crippen LogP contribution >= 0.6 is 0 Å². The van der Waals surface area contributed by atoms with Gasteiger partial charge in [-0.05, 0) is 17.7 Å². The largest absolute Gasteiger partial charge is 0.478 e. The zero-order valence-electron chi connectivity index (χ0n) is 9.01. The lowest BCUT2D eigenvalue weighted by atomic mass is 10.1. The van der Waals surface area contributed by atoms with Crippen LogP contribution in [0, 0.1) is 0 Å². The molecule has 0 radical (unpaired) electrons. The van der Waals surface area contributed by atoms with Crippen molar-refractivity contribution < 1.29 is 18.8 Å². The highest BCUT2D eigenvalue weighted by Gasteiger charge is 2.04. The highest BCUT2D eigenvalue weighted by Crippen LogP contribution is 2.07. The minimum atomic E-state index is -0.961. The second kappa shape index (κ2) is 6.40. The Hall–Kier alpha value is -1.20. The Kier molecular flexibility index (Phi) is 5.14. The molecule has 1 N–H and O–H groups in total. The first-order valence-corrected chi connectivity index (χ1v) is 6.28. The Balaban J connectivity index is 2.55. The first-order chi connectivity index (χ1) is 7.63. The standard InChI is InChI=1S/C11H14O4S/c1-15-6-7-16(14)8-9-2-4-10(5-3-9)11(12)13/h2-5H,6-8H2,1H3,(H,12,13). The molecule has 1 aromatic rings. The molecule has 5 heteroatoms. The molecule has 4 nitrogen and oxygen atoms in total. The lowest BCUT2D eigenvalue weighted by molar-refractivity contribution is 0.0697. The first kappa shape index (κ1) is 12.9. The van der Waals surface area contributed by atoms with E-state index in [-0.39, 0.29) is 5.56 Å². The molecular formula is C11H14O4S. The van der Waals surface area contributed by atoms with Gasteiger partial charge in [0.25, 0.3) is 0 Å². The van der Waals surface area contributed by atoms with Gasteiger partial charge in [0.1, 0.15) is 0 Å². The number of carbonyl (C=O) groups is 1. The highest BCUT2D eigenvalue weighted by atomic mass is 32.2. The van der Waals surface area contributed by atoms with E-state index >= 15 is 0 Å². The maximum atomic E-state index is 11.5. The number of methoxy groups -OCH3 is 1. The third kappa shape index (κ3) is 4.12. The van der Waals surface area contributed by atoms with Crippen molar-refractivity contribution in [1.82, 2.24) is 0 Å². The van der Waals surface area contributed by atoms with E-state index < -0.39 is 16.8 Å². The summed E-state index contributed by atoms with van der Waals surface area (Å²) in [6.07, 6.45) is 0. The predicted molar refractivity (Wildman–Crippen MR) is 62.0 cm³/mol. The van der Waals surface area contributed by atoms with Gasteiger partial charge in [0, 0.05) is 29.4 Å². The summed E-state index contributed by atoms with van der Waals surface area (Å²) in [5, 5.41) is 8.70. The Morgan fingerprint density at radius 2 is 2.00 bits per heavy atom. The zero-order valence-corrected chi connectivity index (χ0v) is 9.83. The van der Waals surface area contributed by atoms with Crippen LogP contribution in [-0.4, -0.2) is 34.8 Å². The van der Waals surface area contributed by atoms with Gasteiger partial charge >= 0.3 is 5.97 Å². The molecule has 0 aliphatic heterocycles. The lowest BCUT2D eigenvalue weighted by Gasteiger charge is -2.02. The van der Waals surface area contributed by atoms with Crippen LogP contribution in [0.1, 0.15) is 15.9 Å². The maximum Gasteiger partial charge on any atom is 0.335 e. The fourth-order valence-electron chi connectivity index (χ4n) is 1.18. The van der Waals surface area contributed by atoms with Gasteiger partial charge in [-0.25, -0.2) is 4.79 Å². The number of hydrogen-bond donors (Lipinski definition) is 1. The monoisotopic (exact) mass is 242 g/mol. The van der Waals surface area contributed by atoms with E-state index in [2.05, 4.69) is 0 Å². The van der Waals surface area contributed by atoms with Crippen molar-refractivity contribution >= 4 is 16.8 Å². The molecule has 1 unspecified atom stereocenters. The molecule has 0 saturated heterocycles. The topological polar surface area (TPSA) is 63.6 Å². The number of benzene rings is 1. The fraction of sp³-hybridized carbons (Fsp3) is 0.364. The average molecular weight is 242 g/mol. The SMILES string of the molecule is COCCS(=O)Cc1ccc(C(=O)O)cc1. The van der Waals surface area contributed by atoms with Crippen LogP contribution in [-0.2, 0) is 21.3 Å². The van der Waals surface area contributed by atoms with Crippen molar-refractivity contribution in [2.45, 2.75) is 5.75 Å². The van der Waals surface area contributed by atoms with E-state index in [9.17, 15) is 9.00 Å². The third-order valence-electron chi connectivity index (χ3n) is 2.04. The summed E-state index contributed by atoms with van der Waals surface area (Å²) in [7, 11) is 0.608. The molecule has 0 fully saturated rings. The van der Waals surface area contributed by atoms with E-state index in [0.717, 1.165) is 5.56 Å². The average Bonchev–Trinajstić information content (AvgIpc) is 2.27. The number of hydrogen-bond acceptors (Lipinski definition) is 3. The summed E-state index contributed by atoms with van der Waals surface area (Å²) in [5.74, 6) is -0.0208. The van der Waals surface area contributed by atoms with Crippen molar-refractivity contribution in [2.75, 3.05) is 19.5 Å². The van der Waals surface area contributed by atoms with Gasteiger partial charge in [-0.1, -0.05) is 12.1 Å². The predicted octanol–water partition coefficient (Wildman–Crippen LogP) is 1.28. The smallest absolute Gasteiger partial charge is 0.335 e. The molecule has 16 heavy (non-hydrogen) atoms. The molecule has 1 atom stereocenters. The van der Waals surface area contributed by atoms with Crippen molar-refractivity contribution in [3.63, 3.8) is 0 Å². The van der Waals surface area contributed by atoms with Crippen LogP contribution in [0.2, 0.25) is 0 Å². The summed E-state index contributed by atoms with van der Waals surface area (Å²) in [6, 6.07) is 6.42. The van der Waals surface area contributed by atoms with Crippen molar-refractivity contribution in [1.29, 1.82) is 0 Å². The van der Waals surface area contributed by atoms with Gasteiger partial charge in [-0.2, -0.15) is 0 Å². The molecule has 0 saturated carbocycles. The third-order valence-corrected chi connectivity index (χ3v) is 3.32. The van der Waals surface area contributed by atoms with Crippen molar-refractivity contribution in [3.05, 3.63) is 35.4 Å². The quantitative estimate of drug-likeness (QED) is 0.816. The minimum Gasteiger partial charge on any atom is -0.478 e. The first-order valence-electron chi connectivity index (χ1n) is 4.79. The van der Waals surface area contributed by atoms with E-state index in [4.69, 9.17) is 9.84 Å². The molecule has 0 aliphatic rings. The van der Waals surface area contributed by atoms with Gasteiger partial charge in [-0.3, -0.25) is 4.21 Å². The van der Waals surface area contributed by atoms with Crippen LogP contribution in [0.4, 0.5) is 0 Å². The van der Waals surface area contributed by atoms with Gasteiger partial charge < -0.3 is 9.84 Å². The fourth-order valence-corrected chi connectivity index (χ4v) is 2.24. The molecule has 1 aromatic carbocycles. The van der Waals surface area contributed by atoms with E-state index in [1.54, 1.807) is 19.2 Å². The second-order valence-electron chi connectivity index (χ2n) is 3.28. The lowest BCUT2D eigenvalue weighted by Crippen LogP contribution is -2.06. The Bertz CT molecular complexity index is 372. The van der Waals surface area contributed by atoms with Crippen molar-refractivity contribution in [2.24, 2.45) is 0 Å². The van der Waals surface area contributed by atoms with Gasteiger partial charge in [0.2, 0.25) is 0 Å². The molecule has 0 bridgehead atoms. The van der Waals surface area contributed by atoms with Gasteiger partial charge in [0.15, 0.2) is 0 Å². The maximum absolute atomic E-state index is 11.5. The molecule has 0 heterocycles. The van der Waals surface area contributed by atoms with Crippen LogP contribution in [0.15, 0.2) is 24.3 Å². The molecule has 0 aromatic heterocycles. The summed E-state index contributed by atoms with van der Waals surface area (Å²) in [6.45, 7) is 0.472. The summed E-state index contributed by atoms with van der Waals surface area (Å²) >= 11 is 0. The molecule has 1 rings (SSSR count). The molecule has 0 aliphatic carbocycles. The number of ether oxygens (including phenoxy) is 1. The molecule has 88 valence electrons. The molecule has 0 spiro atoms. The Labute approximate surface area is 96.7 Å². The van der Waals surface area contributed by atoms with Crippen LogP contribution in [0.5, 0.6) is 0 Å². The van der Waals surface area contributed by atoms with Gasteiger partial charge in [-0.15, -0.1) is 0 Å². The number of carboxylic acids is 1. The van der Waals surface area contributed by atoms with E-state index in [1.165, 1.54) is 12.1 Å². The summed E-state index contributed by atoms with van der Waals surface area (Å²) < 4.78 is 16.3. The van der Waals surface area contributed by atoms with Crippen molar-refractivity contribution in [3.8, 4) is 0 Å². The van der Waals surface area contributed by atoms with Crippen LogP contribution in [0.3, 0.4) is 0 Å². The highest BCUT2D eigenvalue weighted by molar-refractivity contribution is 7.84. The molecule has 0 amide bonds. The van der Waals surface area contributed by atoms with Crippen LogP contribution in [0.25, 0.3) is 0 Å². The summed E-state index contributed by atoms with van der Waals surface area (Å²) in [4.78, 5) is 10.6. The normalized spacial score (nSPS) is 12.3. The second-order valence-corrected chi connectivity index (χ2v) is 4.86. The minimum absolute atomic E-state index is 0.242. The van der Waals surface area contributed by atoms with E-state index in [0.29, 0.717) is 18.1 Å². The zero-order chi connectivity index (χ0) is 12.0. The molecular weight excluding hydrogens is 228 g/mol. The van der Waals surface area contributed by atoms with E-state index in [1.807, 2.05) is 0 Å². The van der Waals surface area contributed by atoms with Crippen LogP contribution < -0.4 is 0 Å². The Morgan fingerprint density at radius 1 is 1.38 bits per heavy atom. The number of rotatable bonds is 6. The summed E-state index contributed by atoms with van der Waals surface area (Å²) in [5.41, 5.74) is 1.12. The van der Waals surface area contributed by atoms with Gasteiger partial charge in [0.05, 0.1) is 12.2 Å². The Morgan fingerprint density at radius 3 is 2.50 bits per heavy atom. The number of carboxylic acid groups (broad SMARTS) is 1. The number of aromatic carboxylic acids is 1.